The van der Waals surface area contributed by atoms with E-state index in [1.165, 1.54) is 83.5 Å². The van der Waals surface area contributed by atoms with Crippen molar-refractivity contribution < 1.29 is 21.5 Å². The molecule has 2 nitrogen and oxygen atoms in total. The van der Waals surface area contributed by atoms with E-state index >= 15 is 0 Å². The number of imidazole rings is 1. The number of hydrogen-bond acceptors (Lipinski definition) is 0. The molecule has 0 bridgehead atoms. The topological polar surface area (TPSA) is 19.7 Å². The summed E-state index contributed by atoms with van der Waals surface area (Å²) in [6.45, 7) is 7.40. The number of aromatic amines is 1. The minimum atomic E-state index is 0. The first-order valence-corrected chi connectivity index (χ1v) is 10.0. The second-order valence-electron chi connectivity index (χ2n) is 6.96. The number of hydrogen-bond donors (Lipinski definition) is 1. The summed E-state index contributed by atoms with van der Waals surface area (Å²) >= 11 is 0. The van der Waals surface area contributed by atoms with Crippen LogP contribution in [0.5, 0.6) is 0 Å². The number of unbranched alkanes of at least 4 members (excludes halogenated alkanes) is 10. The van der Waals surface area contributed by atoms with Crippen molar-refractivity contribution in [3.63, 3.8) is 0 Å². The Kier molecular flexibility index (Phi) is 16.8. The standard InChI is InChI=1S/C21H38N2.BrH/c1-3-5-6-7-8-9-10-11-12-13-14-15-21(4-2)16-18-23-19-17-22-20-23;/h4,17,19-21H,2-3,5-16,18H2,1H3;1H. The monoisotopic (exact) mass is 398 g/mol. The molecular formula is C21H39BrN2. The summed E-state index contributed by atoms with van der Waals surface area (Å²) < 4.78 is 2.22. The third-order valence-electron chi connectivity index (χ3n) is 4.87. The average molecular weight is 399 g/mol. The maximum atomic E-state index is 4.01. The van der Waals surface area contributed by atoms with Crippen LogP contribution >= 0.6 is 0 Å². The smallest absolute Gasteiger partial charge is 0.241 e. The molecule has 1 heterocycles. The lowest BCUT2D eigenvalue weighted by molar-refractivity contribution is -0.696. The Balaban J connectivity index is 0.00000529. The Morgan fingerprint density at radius 1 is 0.917 bits per heavy atom. The van der Waals surface area contributed by atoms with Gasteiger partial charge >= 0.3 is 0 Å². The van der Waals surface area contributed by atoms with Crippen LogP contribution in [0.15, 0.2) is 31.4 Å². The molecule has 1 N–H and O–H groups in total. The summed E-state index contributed by atoms with van der Waals surface area (Å²) in [7, 11) is 0. The molecule has 1 atom stereocenters. The van der Waals surface area contributed by atoms with Crippen LogP contribution in [0.4, 0.5) is 0 Å². The summed E-state index contributed by atoms with van der Waals surface area (Å²) in [5.74, 6) is 0.677. The minimum absolute atomic E-state index is 0. The van der Waals surface area contributed by atoms with Crippen LogP contribution in [-0.2, 0) is 6.54 Å². The van der Waals surface area contributed by atoms with Gasteiger partial charge in [0, 0.05) is 0 Å². The molecule has 1 rings (SSSR count). The van der Waals surface area contributed by atoms with Crippen molar-refractivity contribution in [2.75, 3.05) is 0 Å². The van der Waals surface area contributed by atoms with Crippen molar-refractivity contribution in [1.82, 2.24) is 4.98 Å². The van der Waals surface area contributed by atoms with E-state index < -0.39 is 0 Å². The van der Waals surface area contributed by atoms with E-state index in [1.54, 1.807) is 0 Å². The molecule has 0 aliphatic heterocycles. The van der Waals surface area contributed by atoms with Crippen molar-refractivity contribution >= 4 is 0 Å². The molecular weight excluding hydrogens is 360 g/mol. The van der Waals surface area contributed by atoms with Gasteiger partial charge in [0.2, 0.25) is 6.33 Å². The quantitative estimate of drug-likeness (QED) is 0.250. The Bertz CT molecular complexity index is 362. The zero-order valence-electron chi connectivity index (χ0n) is 15.8. The van der Waals surface area contributed by atoms with Gasteiger partial charge in [0.1, 0.15) is 12.4 Å². The normalized spacial score (nSPS) is 11.9. The predicted octanol–water partition coefficient (Wildman–Crippen LogP) is 3.20. The maximum absolute atomic E-state index is 4.01. The SMILES string of the molecule is C=CC(CCCCCCCCCCCCC)CC[n+]1cc[nH]c1.[Br-]. The number of allylic oxidation sites excluding steroid dienone is 1. The van der Waals surface area contributed by atoms with Crippen LogP contribution in [-0.4, -0.2) is 4.98 Å². The molecule has 0 fully saturated rings. The molecule has 0 saturated heterocycles. The van der Waals surface area contributed by atoms with E-state index in [9.17, 15) is 0 Å². The molecule has 1 aromatic heterocycles. The molecule has 1 aromatic rings. The summed E-state index contributed by atoms with van der Waals surface area (Å²) in [6.07, 6.45) is 26.4. The van der Waals surface area contributed by atoms with Crippen molar-refractivity contribution in [3.05, 3.63) is 31.4 Å². The van der Waals surface area contributed by atoms with Gasteiger partial charge in [-0.2, -0.15) is 0 Å². The van der Waals surface area contributed by atoms with Crippen LogP contribution < -0.4 is 21.5 Å². The van der Waals surface area contributed by atoms with E-state index in [0.29, 0.717) is 5.92 Å². The highest BCUT2D eigenvalue weighted by Gasteiger charge is 2.06. The molecule has 0 spiro atoms. The van der Waals surface area contributed by atoms with E-state index in [-0.39, 0.29) is 17.0 Å². The molecule has 0 aliphatic rings. The number of nitrogens with one attached hydrogen (secondary N) is 1. The van der Waals surface area contributed by atoms with Gasteiger partial charge in [-0.1, -0.05) is 83.6 Å². The van der Waals surface area contributed by atoms with Crippen molar-refractivity contribution in [2.45, 2.75) is 96.9 Å². The average Bonchev–Trinajstić information content (AvgIpc) is 3.09. The Labute approximate surface area is 160 Å². The first-order valence-electron chi connectivity index (χ1n) is 10.0. The van der Waals surface area contributed by atoms with Gasteiger partial charge in [-0.05, 0) is 18.8 Å². The van der Waals surface area contributed by atoms with Gasteiger partial charge in [-0.25, -0.2) is 4.57 Å². The van der Waals surface area contributed by atoms with Crippen LogP contribution in [0.1, 0.15) is 90.4 Å². The van der Waals surface area contributed by atoms with Gasteiger partial charge in [0.05, 0.1) is 6.54 Å². The van der Waals surface area contributed by atoms with Crippen LogP contribution in [0.2, 0.25) is 0 Å². The molecule has 0 radical (unpaired) electrons. The number of aryl methyl sites for hydroxylation is 1. The third kappa shape index (κ3) is 12.8. The number of aromatic nitrogens is 2. The molecule has 3 heteroatoms. The molecule has 0 aliphatic carbocycles. The molecule has 0 aromatic carbocycles. The number of nitrogens with zero attached hydrogens (tertiary/aromatic N) is 1. The van der Waals surface area contributed by atoms with Crippen molar-refractivity contribution in [2.24, 2.45) is 5.92 Å². The van der Waals surface area contributed by atoms with Crippen molar-refractivity contribution in [1.29, 1.82) is 0 Å². The van der Waals surface area contributed by atoms with Gasteiger partial charge in [-0.15, -0.1) is 6.58 Å². The van der Waals surface area contributed by atoms with Gasteiger partial charge in [0.15, 0.2) is 0 Å². The highest BCUT2D eigenvalue weighted by molar-refractivity contribution is 4.77. The third-order valence-corrected chi connectivity index (χ3v) is 4.87. The van der Waals surface area contributed by atoms with E-state index in [1.807, 2.05) is 12.5 Å². The van der Waals surface area contributed by atoms with E-state index in [4.69, 9.17) is 0 Å². The number of H-pyrrole nitrogens is 1. The van der Waals surface area contributed by atoms with Crippen molar-refractivity contribution in [3.8, 4) is 0 Å². The molecule has 140 valence electrons. The van der Waals surface area contributed by atoms with Crippen LogP contribution in [0, 0.1) is 5.92 Å². The molecule has 1 unspecified atom stereocenters. The fourth-order valence-electron chi connectivity index (χ4n) is 3.23. The van der Waals surface area contributed by atoms with Crippen LogP contribution in [0.25, 0.3) is 0 Å². The van der Waals surface area contributed by atoms with Gasteiger partial charge in [-0.3, -0.25) is 4.98 Å². The largest absolute Gasteiger partial charge is 1.00 e. The summed E-state index contributed by atoms with van der Waals surface area (Å²) in [4.78, 5) is 3.10. The lowest BCUT2D eigenvalue weighted by atomic mass is 9.97. The van der Waals surface area contributed by atoms with Gasteiger partial charge < -0.3 is 17.0 Å². The number of halogens is 1. The van der Waals surface area contributed by atoms with Gasteiger partial charge in [0.25, 0.3) is 0 Å². The first-order chi connectivity index (χ1) is 11.4. The molecule has 0 amide bonds. The Morgan fingerprint density at radius 2 is 1.50 bits per heavy atom. The number of rotatable bonds is 16. The fraction of sp³-hybridized carbons (Fsp3) is 0.762. The van der Waals surface area contributed by atoms with Crippen LogP contribution in [0.3, 0.4) is 0 Å². The lowest BCUT2D eigenvalue weighted by Gasteiger charge is -2.10. The lowest BCUT2D eigenvalue weighted by Crippen LogP contribution is -3.00. The maximum Gasteiger partial charge on any atom is 0.241 e. The highest BCUT2D eigenvalue weighted by atomic mass is 79.9. The second kappa shape index (κ2) is 17.3. The van der Waals surface area contributed by atoms with E-state index in [0.717, 1.165) is 6.54 Å². The Hall–Kier alpha value is -0.570. The summed E-state index contributed by atoms with van der Waals surface area (Å²) in [5, 5.41) is 0. The highest BCUT2D eigenvalue weighted by Crippen LogP contribution is 2.17. The van der Waals surface area contributed by atoms with E-state index in [2.05, 4.69) is 35.3 Å². The zero-order valence-corrected chi connectivity index (χ0v) is 17.4. The summed E-state index contributed by atoms with van der Waals surface area (Å²) in [6, 6.07) is 0. The predicted molar refractivity (Wildman–Crippen MR) is 100 cm³/mol. The molecule has 0 saturated carbocycles. The Morgan fingerprint density at radius 3 is 2.00 bits per heavy atom. The second-order valence-corrected chi connectivity index (χ2v) is 6.96. The zero-order chi connectivity index (χ0) is 16.6. The minimum Gasteiger partial charge on any atom is -1.00 e. The summed E-state index contributed by atoms with van der Waals surface area (Å²) in [5.41, 5.74) is 0. The first kappa shape index (κ1) is 23.4. The molecule has 24 heavy (non-hydrogen) atoms. The fourth-order valence-corrected chi connectivity index (χ4v) is 3.23.